The van der Waals surface area contributed by atoms with Gasteiger partial charge >= 0.3 is 0 Å². The van der Waals surface area contributed by atoms with Gasteiger partial charge in [0.1, 0.15) is 11.8 Å². The zero-order valence-corrected chi connectivity index (χ0v) is 18.8. The summed E-state index contributed by atoms with van der Waals surface area (Å²) in [7, 11) is 0. The van der Waals surface area contributed by atoms with E-state index in [-0.39, 0.29) is 18.4 Å². The number of nitrogens with one attached hydrogen (secondary N) is 1. The van der Waals surface area contributed by atoms with E-state index in [2.05, 4.69) is 19.2 Å². The molecule has 1 atom stereocenters. The second-order valence-corrected chi connectivity index (χ2v) is 7.93. The fourth-order valence-electron chi connectivity index (χ4n) is 3.13. The molecule has 2 rings (SSSR count). The molecular formula is C25H34N2O3. The van der Waals surface area contributed by atoms with Gasteiger partial charge in [0, 0.05) is 13.1 Å². The van der Waals surface area contributed by atoms with Crippen molar-refractivity contribution >= 4 is 11.8 Å². The van der Waals surface area contributed by atoms with Gasteiger partial charge in [0.05, 0.1) is 0 Å². The van der Waals surface area contributed by atoms with Crippen LogP contribution in [-0.4, -0.2) is 35.9 Å². The summed E-state index contributed by atoms with van der Waals surface area (Å²) >= 11 is 0. The van der Waals surface area contributed by atoms with Crippen molar-refractivity contribution in [2.24, 2.45) is 0 Å². The Bertz CT molecular complexity index is 831. The van der Waals surface area contributed by atoms with Crippen LogP contribution in [-0.2, 0) is 16.1 Å². The topological polar surface area (TPSA) is 58.6 Å². The highest BCUT2D eigenvalue weighted by molar-refractivity contribution is 5.88. The zero-order valence-electron chi connectivity index (χ0n) is 18.8. The molecule has 0 spiro atoms. The van der Waals surface area contributed by atoms with E-state index in [1.54, 1.807) is 11.8 Å². The minimum Gasteiger partial charge on any atom is -0.484 e. The summed E-state index contributed by atoms with van der Waals surface area (Å²) in [5.41, 5.74) is 3.32. The number of rotatable bonds is 10. The number of carbonyl (C=O) groups excluding carboxylic acids is 2. The number of aryl methyl sites for hydroxylation is 1. The first-order chi connectivity index (χ1) is 14.3. The Morgan fingerprint density at radius 1 is 1.03 bits per heavy atom. The molecule has 5 nitrogen and oxygen atoms in total. The lowest BCUT2D eigenvalue weighted by Gasteiger charge is -2.29. The molecule has 0 fully saturated rings. The SMILES string of the molecule is CCCNC(=O)[C@@H](C)N(Cc1ccccc1C)C(=O)COc1ccc(C(C)C)cc1. The van der Waals surface area contributed by atoms with Gasteiger partial charge in [0.15, 0.2) is 6.61 Å². The first kappa shape index (κ1) is 23.5. The lowest BCUT2D eigenvalue weighted by molar-refractivity contribution is -0.142. The Hall–Kier alpha value is -2.82. The van der Waals surface area contributed by atoms with Crippen molar-refractivity contribution in [3.05, 3.63) is 65.2 Å². The van der Waals surface area contributed by atoms with Crippen molar-refractivity contribution in [1.29, 1.82) is 0 Å². The van der Waals surface area contributed by atoms with Gasteiger partial charge in [0.25, 0.3) is 5.91 Å². The quantitative estimate of drug-likeness (QED) is 0.630. The number of hydrogen-bond acceptors (Lipinski definition) is 3. The van der Waals surface area contributed by atoms with E-state index < -0.39 is 6.04 Å². The predicted molar refractivity (Wildman–Crippen MR) is 121 cm³/mol. The molecule has 0 saturated carbocycles. The highest BCUT2D eigenvalue weighted by Gasteiger charge is 2.26. The van der Waals surface area contributed by atoms with Crippen LogP contribution in [0, 0.1) is 6.92 Å². The van der Waals surface area contributed by atoms with Gasteiger partial charge in [-0.25, -0.2) is 0 Å². The van der Waals surface area contributed by atoms with Gasteiger partial charge in [-0.15, -0.1) is 0 Å². The smallest absolute Gasteiger partial charge is 0.261 e. The van der Waals surface area contributed by atoms with Crippen LogP contribution in [0.5, 0.6) is 5.75 Å². The minimum atomic E-state index is -0.587. The van der Waals surface area contributed by atoms with E-state index in [9.17, 15) is 9.59 Å². The van der Waals surface area contributed by atoms with Crippen LogP contribution >= 0.6 is 0 Å². The molecule has 2 aromatic rings. The summed E-state index contributed by atoms with van der Waals surface area (Å²) in [6.07, 6.45) is 0.847. The molecule has 0 saturated heterocycles. The van der Waals surface area contributed by atoms with Crippen LogP contribution in [0.25, 0.3) is 0 Å². The van der Waals surface area contributed by atoms with E-state index in [0.717, 1.165) is 17.5 Å². The fraction of sp³-hybridized carbons (Fsp3) is 0.440. The standard InChI is InChI=1S/C25H34N2O3/c1-6-15-26-25(29)20(5)27(16-22-10-8-7-9-19(22)4)24(28)17-30-23-13-11-21(12-14-23)18(2)3/h7-14,18,20H,6,15-17H2,1-5H3,(H,26,29)/t20-/m1/s1. The molecule has 0 radical (unpaired) electrons. The fourth-order valence-corrected chi connectivity index (χ4v) is 3.13. The highest BCUT2D eigenvalue weighted by Crippen LogP contribution is 2.19. The number of ether oxygens (including phenoxy) is 1. The average molecular weight is 411 g/mol. The van der Waals surface area contributed by atoms with E-state index in [1.165, 1.54) is 5.56 Å². The van der Waals surface area contributed by atoms with Crippen LogP contribution in [0.1, 0.15) is 56.7 Å². The average Bonchev–Trinajstić information content (AvgIpc) is 2.75. The minimum absolute atomic E-state index is 0.113. The van der Waals surface area contributed by atoms with Crippen molar-refractivity contribution in [3.63, 3.8) is 0 Å². The molecule has 30 heavy (non-hydrogen) atoms. The lowest BCUT2D eigenvalue weighted by Crippen LogP contribution is -2.49. The molecule has 0 aliphatic carbocycles. The number of amides is 2. The van der Waals surface area contributed by atoms with Crippen LogP contribution < -0.4 is 10.1 Å². The molecular weight excluding hydrogens is 376 g/mol. The largest absolute Gasteiger partial charge is 0.484 e. The van der Waals surface area contributed by atoms with E-state index in [0.29, 0.717) is 24.8 Å². The Morgan fingerprint density at radius 2 is 1.70 bits per heavy atom. The van der Waals surface area contributed by atoms with Crippen molar-refractivity contribution in [2.45, 2.75) is 59.5 Å². The van der Waals surface area contributed by atoms with Gasteiger partial charge in [-0.05, 0) is 55.0 Å². The number of nitrogens with zero attached hydrogens (tertiary/aromatic N) is 1. The molecule has 0 heterocycles. The van der Waals surface area contributed by atoms with Gasteiger partial charge in [-0.3, -0.25) is 9.59 Å². The lowest BCUT2D eigenvalue weighted by atomic mass is 10.0. The van der Waals surface area contributed by atoms with Gasteiger partial charge in [-0.1, -0.05) is 57.2 Å². The third kappa shape index (κ3) is 6.61. The first-order valence-electron chi connectivity index (χ1n) is 10.7. The summed E-state index contributed by atoms with van der Waals surface area (Å²) in [6.45, 7) is 10.9. The second kappa shape index (κ2) is 11.4. The molecule has 0 aliphatic heterocycles. The molecule has 0 unspecified atom stereocenters. The third-order valence-corrected chi connectivity index (χ3v) is 5.23. The van der Waals surface area contributed by atoms with Gasteiger partial charge in [-0.2, -0.15) is 0 Å². The molecule has 0 bridgehead atoms. The summed E-state index contributed by atoms with van der Waals surface area (Å²) in [4.78, 5) is 27.2. The maximum atomic E-state index is 13.0. The van der Waals surface area contributed by atoms with Crippen LogP contribution in [0.4, 0.5) is 0 Å². The third-order valence-electron chi connectivity index (χ3n) is 5.23. The van der Waals surface area contributed by atoms with Crippen LogP contribution in [0.2, 0.25) is 0 Å². The number of benzene rings is 2. The summed E-state index contributed by atoms with van der Waals surface area (Å²) in [5.74, 6) is 0.713. The Labute approximate surface area is 180 Å². The molecule has 2 aromatic carbocycles. The number of carbonyl (C=O) groups is 2. The van der Waals surface area contributed by atoms with Gasteiger partial charge in [0.2, 0.25) is 5.91 Å². The molecule has 5 heteroatoms. The van der Waals surface area contributed by atoms with E-state index in [4.69, 9.17) is 4.74 Å². The molecule has 0 aromatic heterocycles. The number of hydrogen-bond donors (Lipinski definition) is 1. The monoisotopic (exact) mass is 410 g/mol. The summed E-state index contributed by atoms with van der Waals surface area (Å²) < 4.78 is 5.74. The second-order valence-electron chi connectivity index (χ2n) is 7.93. The van der Waals surface area contributed by atoms with E-state index >= 15 is 0 Å². The van der Waals surface area contributed by atoms with Crippen LogP contribution in [0.15, 0.2) is 48.5 Å². The molecule has 162 valence electrons. The van der Waals surface area contributed by atoms with Gasteiger partial charge < -0.3 is 15.0 Å². The molecule has 0 aliphatic rings. The summed E-state index contributed by atoms with van der Waals surface area (Å²) in [5, 5.41) is 2.88. The Morgan fingerprint density at radius 3 is 2.30 bits per heavy atom. The van der Waals surface area contributed by atoms with Crippen molar-refractivity contribution in [3.8, 4) is 5.75 Å². The van der Waals surface area contributed by atoms with Crippen molar-refractivity contribution in [2.75, 3.05) is 13.2 Å². The maximum absolute atomic E-state index is 13.0. The van der Waals surface area contributed by atoms with Crippen molar-refractivity contribution in [1.82, 2.24) is 10.2 Å². The molecule has 2 amide bonds. The van der Waals surface area contributed by atoms with Crippen molar-refractivity contribution < 1.29 is 14.3 Å². The normalized spacial score (nSPS) is 11.8. The first-order valence-corrected chi connectivity index (χ1v) is 10.7. The highest BCUT2D eigenvalue weighted by atomic mass is 16.5. The van der Waals surface area contributed by atoms with E-state index in [1.807, 2.05) is 62.4 Å². The predicted octanol–water partition coefficient (Wildman–Crippen LogP) is 4.44. The Kier molecular flexibility index (Phi) is 8.90. The molecule has 1 N–H and O–H groups in total. The summed E-state index contributed by atoms with van der Waals surface area (Å²) in [6, 6.07) is 15.1. The Balaban J connectivity index is 2.12. The van der Waals surface area contributed by atoms with Crippen LogP contribution in [0.3, 0.4) is 0 Å². The zero-order chi connectivity index (χ0) is 22.1. The maximum Gasteiger partial charge on any atom is 0.261 e.